The van der Waals surface area contributed by atoms with Crippen LogP contribution in [0.5, 0.6) is 0 Å². The number of hydrogen-bond donors (Lipinski definition) is 2. The van der Waals surface area contributed by atoms with E-state index in [4.69, 9.17) is 5.11 Å². The van der Waals surface area contributed by atoms with Gasteiger partial charge in [-0.15, -0.1) is 0 Å². The van der Waals surface area contributed by atoms with E-state index in [0.717, 1.165) is 45.3 Å². The fraction of sp³-hybridized carbons (Fsp3) is 0.905. The highest BCUT2D eigenvalue weighted by molar-refractivity contribution is 5.74. The Kier molecular flexibility index (Phi) is 7.01. The van der Waals surface area contributed by atoms with Crippen LogP contribution in [0.3, 0.4) is 0 Å². The van der Waals surface area contributed by atoms with E-state index in [1.165, 1.54) is 44.9 Å². The van der Waals surface area contributed by atoms with Crippen molar-refractivity contribution < 1.29 is 14.7 Å². The molecule has 0 aromatic heterocycles. The fourth-order valence-electron chi connectivity index (χ4n) is 5.55. The molecule has 0 atom stereocenters. The molecule has 3 fully saturated rings. The molecular weight excluding hydrogens is 342 g/mol. The van der Waals surface area contributed by atoms with Crippen molar-refractivity contribution in [1.82, 2.24) is 15.1 Å². The summed E-state index contributed by atoms with van der Waals surface area (Å²) >= 11 is 0. The minimum atomic E-state index is -0.773. The van der Waals surface area contributed by atoms with Gasteiger partial charge in [-0.3, -0.25) is 9.69 Å². The lowest BCUT2D eigenvalue weighted by molar-refractivity contribution is -0.139. The van der Waals surface area contributed by atoms with Crippen molar-refractivity contribution in [2.75, 3.05) is 26.2 Å². The summed E-state index contributed by atoms with van der Waals surface area (Å²) in [6.07, 6.45) is 13.5. The van der Waals surface area contributed by atoms with Crippen LogP contribution in [0.15, 0.2) is 0 Å². The Hall–Kier alpha value is -1.30. The number of likely N-dealkylation sites (N-methyl/N-ethyl adjacent to an activating group) is 1. The lowest BCUT2D eigenvalue weighted by Gasteiger charge is -2.43. The summed E-state index contributed by atoms with van der Waals surface area (Å²) in [5.74, 6) is -0.773. The number of rotatable bonds is 5. The molecule has 0 aromatic rings. The third-order valence-corrected chi connectivity index (χ3v) is 7.30. The maximum Gasteiger partial charge on any atom is 0.317 e. The molecule has 6 heteroatoms. The van der Waals surface area contributed by atoms with Gasteiger partial charge in [-0.1, -0.05) is 26.2 Å². The number of carbonyl (C=O) groups excluding carboxylic acids is 1. The number of carboxylic acids is 1. The molecule has 1 spiro atoms. The predicted molar refractivity (Wildman–Crippen MR) is 106 cm³/mol. The van der Waals surface area contributed by atoms with E-state index in [1.807, 2.05) is 16.7 Å². The molecule has 3 rings (SSSR count). The zero-order valence-electron chi connectivity index (χ0n) is 16.9. The number of urea groups is 1. The minimum absolute atomic E-state index is 0.0827. The van der Waals surface area contributed by atoms with Crippen LogP contribution < -0.4 is 5.32 Å². The number of carboxylic acid groups (broad SMARTS) is 1. The molecule has 0 radical (unpaired) electrons. The molecule has 2 saturated carbocycles. The maximum atomic E-state index is 12.7. The van der Waals surface area contributed by atoms with Crippen LogP contribution in [0.1, 0.15) is 77.6 Å². The third kappa shape index (κ3) is 5.37. The fourth-order valence-corrected chi connectivity index (χ4v) is 5.55. The first-order valence-corrected chi connectivity index (χ1v) is 11.0. The Balaban J connectivity index is 1.40. The van der Waals surface area contributed by atoms with E-state index in [0.29, 0.717) is 11.5 Å². The Labute approximate surface area is 163 Å². The van der Waals surface area contributed by atoms with Gasteiger partial charge in [0.15, 0.2) is 0 Å². The van der Waals surface area contributed by atoms with Crippen LogP contribution in [-0.2, 0) is 4.79 Å². The molecule has 3 aliphatic rings. The number of nitrogens with one attached hydrogen (secondary N) is 1. The van der Waals surface area contributed by atoms with Crippen LogP contribution in [0.2, 0.25) is 0 Å². The number of nitrogens with zero attached hydrogens (tertiary/aromatic N) is 2. The topological polar surface area (TPSA) is 72.9 Å². The maximum absolute atomic E-state index is 12.7. The molecule has 0 unspecified atom stereocenters. The Morgan fingerprint density at radius 3 is 2.22 bits per heavy atom. The molecule has 6 nitrogen and oxygen atoms in total. The number of aliphatic carboxylic acids is 1. The lowest BCUT2D eigenvalue weighted by atomic mass is 9.64. The van der Waals surface area contributed by atoms with E-state index in [-0.39, 0.29) is 18.6 Å². The second-order valence-corrected chi connectivity index (χ2v) is 8.96. The van der Waals surface area contributed by atoms with Gasteiger partial charge >= 0.3 is 12.0 Å². The summed E-state index contributed by atoms with van der Waals surface area (Å²) < 4.78 is 0. The molecule has 2 N–H and O–H groups in total. The molecule has 0 bridgehead atoms. The van der Waals surface area contributed by atoms with Crippen molar-refractivity contribution in [2.45, 2.75) is 89.6 Å². The van der Waals surface area contributed by atoms with Gasteiger partial charge in [0, 0.05) is 25.2 Å². The Bertz CT molecular complexity index is 501. The van der Waals surface area contributed by atoms with Gasteiger partial charge in [-0.25, -0.2) is 4.79 Å². The molecule has 2 aliphatic carbocycles. The average molecular weight is 380 g/mol. The van der Waals surface area contributed by atoms with E-state index in [9.17, 15) is 9.59 Å². The SMILES string of the molecule is CCN(CC(=O)O)C1CCN(C(=O)NC2CCC3(CCCCC3)CC2)CC1. The molecule has 27 heavy (non-hydrogen) atoms. The first-order chi connectivity index (χ1) is 13.0. The van der Waals surface area contributed by atoms with Crippen molar-refractivity contribution in [3.8, 4) is 0 Å². The van der Waals surface area contributed by atoms with Crippen LogP contribution in [0.25, 0.3) is 0 Å². The highest BCUT2D eigenvalue weighted by atomic mass is 16.4. The summed E-state index contributed by atoms with van der Waals surface area (Å²) in [7, 11) is 0. The summed E-state index contributed by atoms with van der Waals surface area (Å²) in [5.41, 5.74) is 0.589. The molecule has 0 aromatic carbocycles. The van der Waals surface area contributed by atoms with E-state index >= 15 is 0 Å². The summed E-state index contributed by atoms with van der Waals surface area (Å²) in [6.45, 7) is 4.29. The first kappa shape index (κ1) is 20.4. The van der Waals surface area contributed by atoms with Crippen molar-refractivity contribution in [2.24, 2.45) is 5.41 Å². The van der Waals surface area contributed by atoms with E-state index in [2.05, 4.69) is 5.32 Å². The van der Waals surface area contributed by atoms with Gasteiger partial charge in [0.1, 0.15) is 0 Å². The monoisotopic (exact) mass is 379 g/mol. The van der Waals surface area contributed by atoms with Crippen LogP contribution >= 0.6 is 0 Å². The lowest BCUT2D eigenvalue weighted by Crippen LogP contribution is -2.52. The largest absolute Gasteiger partial charge is 0.480 e. The quantitative estimate of drug-likeness (QED) is 0.767. The van der Waals surface area contributed by atoms with Gasteiger partial charge in [0.2, 0.25) is 0 Å². The van der Waals surface area contributed by atoms with Gasteiger partial charge in [0.05, 0.1) is 6.54 Å². The number of likely N-dealkylation sites (tertiary alicyclic amines) is 1. The normalized spacial score (nSPS) is 24.3. The van der Waals surface area contributed by atoms with Crippen molar-refractivity contribution in [3.05, 3.63) is 0 Å². The number of hydrogen-bond acceptors (Lipinski definition) is 3. The second-order valence-electron chi connectivity index (χ2n) is 8.96. The summed E-state index contributed by atoms with van der Waals surface area (Å²) in [6, 6.07) is 0.692. The van der Waals surface area contributed by atoms with E-state index in [1.54, 1.807) is 0 Å². The third-order valence-electron chi connectivity index (χ3n) is 7.30. The molecule has 154 valence electrons. The summed E-state index contributed by atoms with van der Waals surface area (Å²) in [4.78, 5) is 27.6. The molecular formula is C21H37N3O3. The number of piperidine rings is 1. The van der Waals surface area contributed by atoms with Crippen LogP contribution in [0.4, 0.5) is 4.79 Å². The van der Waals surface area contributed by atoms with Gasteiger partial charge < -0.3 is 15.3 Å². The van der Waals surface area contributed by atoms with E-state index < -0.39 is 5.97 Å². The van der Waals surface area contributed by atoms with Gasteiger partial charge in [0.25, 0.3) is 0 Å². The Morgan fingerprint density at radius 2 is 1.67 bits per heavy atom. The van der Waals surface area contributed by atoms with Crippen molar-refractivity contribution in [3.63, 3.8) is 0 Å². The molecule has 1 heterocycles. The van der Waals surface area contributed by atoms with Gasteiger partial charge in [-0.05, 0) is 63.3 Å². The van der Waals surface area contributed by atoms with Crippen LogP contribution in [0, 0.1) is 5.41 Å². The second kappa shape index (κ2) is 9.26. The predicted octanol–water partition coefficient (Wildman–Crippen LogP) is 3.46. The van der Waals surface area contributed by atoms with Crippen molar-refractivity contribution >= 4 is 12.0 Å². The smallest absolute Gasteiger partial charge is 0.317 e. The molecule has 1 saturated heterocycles. The number of carbonyl (C=O) groups is 2. The summed E-state index contributed by atoms with van der Waals surface area (Å²) in [5, 5.41) is 12.3. The Morgan fingerprint density at radius 1 is 1.04 bits per heavy atom. The highest BCUT2D eigenvalue weighted by Gasteiger charge is 2.37. The number of amides is 2. The standard InChI is InChI=1S/C21H37N3O3/c1-2-23(16-19(25)26)18-8-14-24(15-9-18)20(27)22-17-6-12-21(13-7-17)10-4-3-5-11-21/h17-18H,2-16H2,1H3,(H,22,27)(H,25,26). The molecule has 1 aliphatic heterocycles. The first-order valence-electron chi connectivity index (χ1n) is 11.0. The van der Waals surface area contributed by atoms with Crippen molar-refractivity contribution in [1.29, 1.82) is 0 Å². The minimum Gasteiger partial charge on any atom is -0.480 e. The zero-order chi connectivity index (χ0) is 19.3. The van der Waals surface area contributed by atoms with Gasteiger partial charge in [-0.2, -0.15) is 0 Å². The zero-order valence-corrected chi connectivity index (χ0v) is 16.9. The molecule has 2 amide bonds. The van der Waals surface area contributed by atoms with Crippen LogP contribution in [-0.4, -0.2) is 65.2 Å². The average Bonchev–Trinajstić information content (AvgIpc) is 2.69. The highest BCUT2D eigenvalue weighted by Crippen LogP contribution is 2.47.